The minimum absolute atomic E-state index is 0.183. The number of carbonyl (C=O) groups is 1. The number of para-hydroxylation sites is 1. The lowest BCUT2D eigenvalue weighted by molar-refractivity contribution is 0.102. The van der Waals surface area contributed by atoms with Gasteiger partial charge in [0.05, 0.1) is 11.4 Å². The fourth-order valence-electron chi connectivity index (χ4n) is 3.04. The highest BCUT2D eigenvalue weighted by molar-refractivity contribution is 7.92. The molecule has 0 saturated carbocycles. The van der Waals surface area contributed by atoms with Gasteiger partial charge in [0.1, 0.15) is 0 Å². The predicted octanol–water partition coefficient (Wildman–Crippen LogP) is 3.49. The van der Waals surface area contributed by atoms with E-state index in [1.54, 1.807) is 18.2 Å². The molecular formula is C19H22N2O3S. The molecule has 0 atom stereocenters. The highest BCUT2D eigenvalue weighted by Crippen LogP contribution is 2.28. The SMILES string of the molecule is Cc1ccccc1NC(=O)c1ccc(N2CCCCS2(=O)=O)c(C)c1. The summed E-state index contributed by atoms with van der Waals surface area (Å²) >= 11 is 0. The molecule has 1 saturated heterocycles. The summed E-state index contributed by atoms with van der Waals surface area (Å²) in [5.74, 6) is -0.0208. The van der Waals surface area contributed by atoms with Gasteiger partial charge < -0.3 is 5.32 Å². The summed E-state index contributed by atoms with van der Waals surface area (Å²) in [5, 5.41) is 2.90. The highest BCUT2D eigenvalue weighted by atomic mass is 32.2. The Balaban J connectivity index is 1.84. The normalized spacial score (nSPS) is 16.5. The minimum Gasteiger partial charge on any atom is -0.322 e. The second-order valence-electron chi connectivity index (χ2n) is 6.37. The van der Waals surface area contributed by atoms with Crippen molar-refractivity contribution in [1.29, 1.82) is 0 Å². The van der Waals surface area contributed by atoms with E-state index < -0.39 is 10.0 Å². The van der Waals surface area contributed by atoms with Crippen molar-refractivity contribution >= 4 is 27.3 Å². The van der Waals surface area contributed by atoms with E-state index in [2.05, 4.69) is 5.32 Å². The Hall–Kier alpha value is -2.34. The molecule has 0 unspecified atom stereocenters. The van der Waals surface area contributed by atoms with E-state index in [4.69, 9.17) is 0 Å². The van der Waals surface area contributed by atoms with Crippen LogP contribution in [-0.2, 0) is 10.0 Å². The first-order valence-electron chi connectivity index (χ1n) is 8.36. The molecule has 1 N–H and O–H groups in total. The summed E-state index contributed by atoms with van der Waals surface area (Å²) in [7, 11) is -3.25. The quantitative estimate of drug-likeness (QED) is 0.913. The topological polar surface area (TPSA) is 66.5 Å². The zero-order valence-electron chi connectivity index (χ0n) is 14.5. The molecule has 1 amide bonds. The lowest BCUT2D eigenvalue weighted by Gasteiger charge is -2.29. The summed E-state index contributed by atoms with van der Waals surface area (Å²) < 4.78 is 26.0. The maximum Gasteiger partial charge on any atom is 0.255 e. The Bertz CT molecular complexity index is 907. The number of rotatable bonds is 3. The molecule has 2 aromatic rings. The van der Waals surface area contributed by atoms with E-state index in [0.29, 0.717) is 24.2 Å². The van der Waals surface area contributed by atoms with Crippen molar-refractivity contribution in [2.24, 2.45) is 0 Å². The molecule has 0 radical (unpaired) electrons. The van der Waals surface area contributed by atoms with Gasteiger partial charge in [0.15, 0.2) is 0 Å². The average molecular weight is 358 g/mol. The zero-order valence-corrected chi connectivity index (χ0v) is 15.3. The Kier molecular flexibility index (Phi) is 4.81. The lowest BCUT2D eigenvalue weighted by Crippen LogP contribution is -2.38. The number of hydrogen-bond acceptors (Lipinski definition) is 3. The van der Waals surface area contributed by atoms with Crippen molar-refractivity contribution in [2.75, 3.05) is 21.9 Å². The number of amides is 1. The number of nitrogens with one attached hydrogen (secondary N) is 1. The van der Waals surface area contributed by atoms with Crippen LogP contribution in [0.5, 0.6) is 0 Å². The van der Waals surface area contributed by atoms with E-state index >= 15 is 0 Å². The summed E-state index contributed by atoms with van der Waals surface area (Å²) in [6, 6.07) is 12.7. The molecule has 2 aromatic carbocycles. The molecule has 6 heteroatoms. The van der Waals surface area contributed by atoms with Gasteiger partial charge in [-0.15, -0.1) is 0 Å². The van der Waals surface area contributed by atoms with Crippen molar-refractivity contribution in [1.82, 2.24) is 0 Å². The number of benzene rings is 2. The minimum atomic E-state index is -3.25. The van der Waals surface area contributed by atoms with Gasteiger partial charge in [-0.3, -0.25) is 9.10 Å². The highest BCUT2D eigenvalue weighted by Gasteiger charge is 2.27. The molecule has 3 rings (SSSR count). The van der Waals surface area contributed by atoms with Crippen LogP contribution in [-0.4, -0.2) is 26.6 Å². The summed E-state index contributed by atoms with van der Waals surface area (Å²) in [6.45, 7) is 4.27. The molecular weight excluding hydrogens is 336 g/mol. The maximum absolute atomic E-state index is 12.5. The summed E-state index contributed by atoms with van der Waals surface area (Å²) in [6.07, 6.45) is 1.56. The molecule has 1 fully saturated rings. The molecule has 0 spiro atoms. The van der Waals surface area contributed by atoms with Crippen molar-refractivity contribution in [3.63, 3.8) is 0 Å². The van der Waals surface area contributed by atoms with Crippen LogP contribution >= 0.6 is 0 Å². The van der Waals surface area contributed by atoms with Crippen molar-refractivity contribution in [2.45, 2.75) is 26.7 Å². The van der Waals surface area contributed by atoms with Crippen LogP contribution in [0.25, 0.3) is 0 Å². The third-order valence-corrected chi connectivity index (χ3v) is 6.33. The standard InChI is InChI=1S/C19H22N2O3S/c1-14-7-3-4-8-17(14)20-19(22)16-9-10-18(15(2)13-16)21-11-5-6-12-25(21,23)24/h3-4,7-10,13H,5-6,11-12H2,1-2H3,(H,20,22). The van der Waals surface area contributed by atoms with Crippen molar-refractivity contribution in [3.05, 3.63) is 59.2 Å². The van der Waals surface area contributed by atoms with E-state index in [1.165, 1.54) is 4.31 Å². The Labute approximate surface area is 148 Å². The van der Waals surface area contributed by atoms with Crippen molar-refractivity contribution in [3.8, 4) is 0 Å². The fourth-order valence-corrected chi connectivity index (χ4v) is 4.74. The monoisotopic (exact) mass is 358 g/mol. The van der Waals surface area contributed by atoms with E-state index in [1.807, 2.05) is 38.1 Å². The number of nitrogens with zero attached hydrogens (tertiary/aromatic N) is 1. The number of anilines is 2. The molecule has 1 aliphatic rings. The smallest absolute Gasteiger partial charge is 0.255 e. The predicted molar refractivity (Wildman–Crippen MR) is 101 cm³/mol. The van der Waals surface area contributed by atoms with Gasteiger partial charge in [-0.2, -0.15) is 0 Å². The first-order valence-corrected chi connectivity index (χ1v) is 9.97. The number of sulfonamides is 1. The molecule has 0 aliphatic carbocycles. The van der Waals surface area contributed by atoms with Crippen LogP contribution < -0.4 is 9.62 Å². The molecule has 0 aromatic heterocycles. The largest absolute Gasteiger partial charge is 0.322 e. The van der Waals surface area contributed by atoms with Gasteiger partial charge in [-0.05, 0) is 62.1 Å². The number of aryl methyl sites for hydroxylation is 2. The molecule has 1 aliphatic heterocycles. The van der Waals surface area contributed by atoms with E-state index in [-0.39, 0.29) is 11.7 Å². The average Bonchev–Trinajstić information content (AvgIpc) is 2.57. The van der Waals surface area contributed by atoms with Crippen LogP contribution in [0.15, 0.2) is 42.5 Å². The number of hydrogen-bond donors (Lipinski definition) is 1. The van der Waals surface area contributed by atoms with Crippen LogP contribution in [0, 0.1) is 13.8 Å². The first-order chi connectivity index (χ1) is 11.9. The Morgan fingerprint density at radius 1 is 1.04 bits per heavy atom. The zero-order chi connectivity index (χ0) is 18.0. The second kappa shape index (κ2) is 6.88. The first kappa shape index (κ1) is 17.5. The molecule has 5 nitrogen and oxygen atoms in total. The molecule has 0 bridgehead atoms. The lowest BCUT2D eigenvalue weighted by atomic mass is 10.1. The fraction of sp³-hybridized carbons (Fsp3) is 0.316. The molecule has 1 heterocycles. The van der Waals surface area contributed by atoms with Gasteiger partial charge in [-0.1, -0.05) is 18.2 Å². The van der Waals surface area contributed by atoms with Gasteiger partial charge in [0.25, 0.3) is 5.91 Å². The maximum atomic E-state index is 12.5. The van der Waals surface area contributed by atoms with E-state index in [9.17, 15) is 13.2 Å². The van der Waals surface area contributed by atoms with Gasteiger partial charge in [0.2, 0.25) is 10.0 Å². The molecule has 25 heavy (non-hydrogen) atoms. The van der Waals surface area contributed by atoms with Crippen LogP contribution in [0.3, 0.4) is 0 Å². The van der Waals surface area contributed by atoms with Crippen LogP contribution in [0.1, 0.15) is 34.3 Å². The summed E-state index contributed by atoms with van der Waals surface area (Å²) in [5.41, 5.74) is 3.71. The third kappa shape index (κ3) is 3.69. The van der Waals surface area contributed by atoms with Crippen LogP contribution in [0.2, 0.25) is 0 Å². The van der Waals surface area contributed by atoms with Crippen molar-refractivity contribution < 1.29 is 13.2 Å². The third-order valence-electron chi connectivity index (χ3n) is 4.47. The Morgan fingerprint density at radius 2 is 1.80 bits per heavy atom. The van der Waals surface area contributed by atoms with Gasteiger partial charge in [-0.25, -0.2) is 8.42 Å². The number of carbonyl (C=O) groups excluding carboxylic acids is 1. The second-order valence-corrected chi connectivity index (χ2v) is 8.38. The van der Waals surface area contributed by atoms with Crippen LogP contribution in [0.4, 0.5) is 11.4 Å². The molecule has 132 valence electrons. The van der Waals surface area contributed by atoms with Gasteiger partial charge in [0, 0.05) is 17.8 Å². The van der Waals surface area contributed by atoms with Gasteiger partial charge >= 0.3 is 0 Å². The summed E-state index contributed by atoms with van der Waals surface area (Å²) in [4.78, 5) is 12.5. The Morgan fingerprint density at radius 3 is 2.48 bits per heavy atom. The van der Waals surface area contributed by atoms with E-state index in [0.717, 1.165) is 23.2 Å².